The molecule has 0 aliphatic carbocycles. The number of carbonyl (C=O) groups is 2. The van der Waals surface area contributed by atoms with E-state index in [-0.39, 0.29) is 23.4 Å². The lowest BCUT2D eigenvalue weighted by Gasteiger charge is -2.09. The Morgan fingerprint density at radius 1 is 0.900 bits per heavy atom. The van der Waals surface area contributed by atoms with E-state index in [1.54, 1.807) is 66.7 Å². The molecular formula is C23H21FN2O3S. The molecule has 0 radical (unpaired) electrons. The third-order valence-corrected chi connectivity index (χ3v) is 5.10. The van der Waals surface area contributed by atoms with Crippen molar-refractivity contribution in [3.63, 3.8) is 0 Å². The van der Waals surface area contributed by atoms with E-state index in [1.807, 2.05) is 6.92 Å². The van der Waals surface area contributed by atoms with Crippen molar-refractivity contribution in [3.8, 4) is 5.75 Å². The van der Waals surface area contributed by atoms with Gasteiger partial charge in [0.2, 0.25) is 5.91 Å². The first-order chi connectivity index (χ1) is 14.5. The molecular weight excluding hydrogens is 403 g/mol. The number of hydrogen-bond acceptors (Lipinski definition) is 4. The molecule has 3 rings (SSSR count). The van der Waals surface area contributed by atoms with Crippen molar-refractivity contribution in [1.82, 2.24) is 0 Å². The average molecular weight is 424 g/mol. The molecule has 154 valence electrons. The fraction of sp³-hybridized carbons (Fsp3) is 0.130. The fourth-order valence-electron chi connectivity index (χ4n) is 2.61. The molecule has 0 bridgehead atoms. The largest absolute Gasteiger partial charge is 0.494 e. The highest BCUT2D eigenvalue weighted by atomic mass is 32.2. The lowest BCUT2D eigenvalue weighted by Crippen LogP contribution is -2.15. The van der Waals surface area contributed by atoms with E-state index < -0.39 is 0 Å². The number of nitrogens with one attached hydrogen (secondary N) is 2. The molecule has 0 aromatic heterocycles. The lowest BCUT2D eigenvalue weighted by molar-refractivity contribution is -0.113. The summed E-state index contributed by atoms with van der Waals surface area (Å²) in [7, 11) is 0. The van der Waals surface area contributed by atoms with Gasteiger partial charge in [0.05, 0.1) is 12.4 Å². The van der Waals surface area contributed by atoms with Crippen molar-refractivity contribution in [2.45, 2.75) is 11.8 Å². The monoisotopic (exact) mass is 424 g/mol. The fourth-order valence-corrected chi connectivity index (χ4v) is 3.35. The summed E-state index contributed by atoms with van der Waals surface area (Å²) < 4.78 is 19.0. The van der Waals surface area contributed by atoms with E-state index in [0.717, 1.165) is 17.5 Å². The van der Waals surface area contributed by atoms with Gasteiger partial charge in [-0.1, -0.05) is 12.1 Å². The molecule has 0 unspecified atom stereocenters. The van der Waals surface area contributed by atoms with Crippen LogP contribution in [0.25, 0.3) is 0 Å². The number of benzene rings is 3. The van der Waals surface area contributed by atoms with Crippen molar-refractivity contribution in [3.05, 3.63) is 84.2 Å². The van der Waals surface area contributed by atoms with Gasteiger partial charge < -0.3 is 15.4 Å². The minimum atomic E-state index is -0.349. The van der Waals surface area contributed by atoms with Crippen LogP contribution in [-0.2, 0) is 4.79 Å². The molecule has 0 saturated carbocycles. The Morgan fingerprint density at radius 2 is 1.53 bits per heavy atom. The minimum absolute atomic E-state index is 0.0842. The first kappa shape index (κ1) is 21.4. The molecule has 0 aliphatic heterocycles. The van der Waals surface area contributed by atoms with Crippen LogP contribution in [0, 0.1) is 5.82 Å². The van der Waals surface area contributed by atoms with Gasteiger partial charge in [-0.2, -0.15) is 0 Å². The molecule has 0 heterocycles. The molecule has 0 atom stereocenters. The topological polar surface area (TPSA) is 67.4 Å². The van der Waals surface area contributed by atoms with Crippen LogP contribution < -0.4 is 15.4 Å². The van der Waals surface area contributed by atoms with Crippen LogP contribution in [0.5, 0.6) is 5.75 Å². The zero-order chi connectivity index (χ0) is 21.3. The Kier molecular flexibility index (Phi) is 7.45. The van der Waals surface area contributed by atoms with Gasteiger partial charge in [-0.25, -0.2) is 4.39 Å². The van der Waals surface area contributed by atoms with Crippen molar-refractivity contribution >= 4 is 35.0 Å². The summed E-state index contributed by atoms with van der Waals surface area (Å²) in [5.74, 6) is -0.0371. The van der Waals surface area contributed by atoms with Crippen molar-refractivity contribution in [2.75, 3.05) is 23.0 Å². The highest BCUT2D eigenvalue weighted by molar-refractivity contribution is 8.00. The Bertz CT molecular complexity index is 1010. The number of anilines is 2. The van der Waals surface area contributed by atoms with Crippen LogP contribution in [0.1, 0.15) is 17.3 Å². The van der Waals surface area contributed by atoms with E-state index in [4.69, 9.17) is 4.74 Å². The second-order valence-electron chi connectivity index (χ2n) is 6.26. The lowest BCUT2D eigenvalue weighted by atomic mass is 10.2. The van der Waals surface area contributed by atoms with Gasteiger partial charge in [-0.3, -0.25) is 9.59 Å². The number of amides is 2. The third kappa shape index (κ3) is 6.09. The van der Waals surface area contributed by atoms with Crippen LogP contribution in [0.2, 0.25) is 0 Å². The van der Waals surface area contributed by atoms with Crippen LogP contribution >= 0.6 is 11.8 Å². The maximum atomic E-state index is 13.6. The molecule has 0 aliphatic rings. The molecule has 0 spiro atoms. The zero-order valence-electron chi connectivity index (χ0n) is 16.4. The summed E-state index contributed by atoms with van der Waals surface area (Å²) in [5, 5.41) is 5.55. The normalized spacial score (nSPS) is 10.3. The zero-order valence-corrected chi connectivity index (χ0v) is 17.2. The summed E-state index contributed by atoms with van der Waals surface area (Å²) in [4.78, 5) is 24.9. The number of thioether (sulfide) groups is 1. The number of halogens is 1. The molecule has 2 N–H and O–H groups in total. The molecule has 3 aromatic carbocycles. The predicted molar refractivity (Wildman–Crippen MR) is 118 cm³/mol. The first-order valence-corrected chi connectivity index (χ1v) is 10.3. The Balaban J connectivity index is 1.51. The van der Waals surface area contributed by atoms with Crippen LogP contribution in [0.15, 0.2) is 77.7 Å². The molecule has 3 aromatic rings. The second-order valence-corrected chi connectivity index (χ2v) is 7.27. The SMILES string of the molecule is CCOc1ccc(NC(=O)c2ccc(NC(=O)CSc3ccccc3F)cc2)cc1. The van der Waals surface area contributed by atoms with Crippen LogP contribution in [0.3, 0.4) is 0 Å². The van der Waals surface area contributed by atoms with E-state index in [0.29, 0.717) is 28.4 Å². The summed E-state index contributed by atoms with van der Waals surface area (Å²) in [6, 6.07) is 20.0. The Morgan fingerprint density at radius 3 is 2.20 bits per heavy atom. The summed E-state index contributed by atoms with van der Waals surface area (Å²) in [6.07, 6.45) is 0. The standard InChI is InChI=1S/C23H21FN2O3S/c1-2-29-19-13-11-18(12-14-19)26-23(28)16-7-9-17(10-8-16)25-22(27)15-30-21-6-4-3-5-20(21)24/h3-14H,2,15H2,1H3,(H,25,27)(H,26,28). The molecule has 30 heavy (non-hydrogen) atoms. The maximum absolute atomic E-state index is 13.6. The number of carbonyl (C=O) groups excluding carboxylic acids is 2. The number of hydrogen-bond donors (Lipinski definition) is 2. The highest BCUT2D eigenvalue weighted by Crippen LogP contribution is 2.21. The van der Waals surface area contributed by atoms with Gasteiger partial charge >= 0.3 is 0 Å². The first-order valence-electron chi connectivity index (χ1n) is 9.36. The third-order valence-electron chi connectivity index (χ3n) is 4.05. The summed E-state index contributed by atoms with van der Waals surface area (Å²) in [5.41, 5.74) is 1.68. The summed E-state index contributed by atoms with van der Waals surface area (Å²) >= 11 is 1.13. The van der Waals surface area contributed by atoms with E-state index >= 15 is 0 Å². The van der Waals surface area contributed by atoms with Crippen LogP contribution in [-0.4, -0.2) is 24.2 Å². The number of rotatable bonds is 8. The molecule has 2 amide bonds. The Hall–Kier alpha value is -3.32. The van der Waals surface area contributed by atoms with Crippen LogP contribution in [0.4, 0.5) is 15.8 Å². The van der Waals surface area contributed by atoms with Crippen molar-refractivity contribution < 1.29 is 18.7 Å². The van der Waals surface area contributed by atoms with Gasteiger partial charge in [-0.05, 0) is 67.6 Å². The minimum Gasteiger partial charge on any atom is -0.494 e. The Labute approximate surface area is 178 Å². The van der Waals surface area contributed by atoms with Gasteiger partial charge in [0.25, 0.3) is 5.91 Å². The van der Waals surface area contributed by atoms with Gasteiger partial charge in [-0.15, -0.1) is 11.8 Å². The van der Waals surface area contributed by atoms with E-state index in [2.05, 4.69) is 10.6 Å². The maximum Gasteiger partial charge on any atom is 0.255 e. The van der Waals surface area contributed by atoms with Gasteiger partial charge in [0, 0.05) is 21.8 Å². The van der Waals surface area contributed by atoms with Gasteiger partial charge in [0.15, 0.2) is 0 Å². The molecule has 5 nitrogen and oxygen atoms in total. The van der Waals surface area contributed by atoms with Gasteiger partial charge in [0.1, 0.15) is 11.6 Å². The second kappa shape index (κ2) is 10.5. The van der Waals surface area contributed by atoms with E-state index in [1.165, 1.54) is 6.07 Å². The molecule has 0 fully saturated rings. The quantitative estimate of drug-likeness (QED) is 0.487. The smallest absolute Gasteiger partial charge is 0.255 e. The van der Waals surface area contributed by atoms with Crippen molar-refractivity contribution in [2.24, 2.45) is 0 Å². The van der Waals surface area contributed by atoms with Crippen molar-refractivity contribution in [1.29, 1.82) is 0 Å². The molecule has 0 saturated heterocycles. The predicted octanol–water partition coefficient (Wildman–Crippen LogP) is 5.21. The van der Waals surface area contributed by atoms with E-state index in [9.17, 15) is 14.0 Å². The number of ether oxygens (including phenoxy) is 1. The highest BCUT2D eigenvalue weighted by Gasteiger charge is 2.09. The molecule has 7 heteroatoms. The average Bonchev–Trinajstić information content (AvgIpc) is 2.75. The summed E-state index contributed by atoms with van der Waals surface area (Å²) in [6.45, 7) is 2.49.